The lowest BCUT2D eigenvalue weighted by molar-refractivity contribution is 0.592. The Morgan fingerprint density at radius 2 is 1.95 bits per heavy atom. The van der Waals surface area contributed by atoms with Crippen molar-refractivity contribution in [1.82, 2.24) is 10.3 Å². The highest BCUT2D eigenvalue weighted by molar-refractivity contribution is 5.67. The van der Waals surface area contributed by atoms with E-state index in [1.165, 1.54) is 18.2 Å². The van der Waals surface area contributed by atoms with E-state index in [1.54, 1.807) is 12.3 Å². The van der Waals surface area contributed by atoms with Crippen molar-refractivity contribution in [3.63, 3.8) is 0 Å². The standard InChI is InChI=1S/C15H16F2N2/c1-3-19-10(2)14-5-4-12(16)7-15(14)11-6-13(17)9-18-8-11/h4-10,19H,3H2,1-2H3. The topological polar surface area (TPSA) is 24.9 Å². The summed E-state index contributed by atoms with van der Waals surface area (Å²) in [5.41, 5.74) is 2.18. The van der Waals surface area contributed by atoms with Gasteiger partial charge in [-0.1, -0.05) is 13.0 Å². The maximum Gasteiger partial charge on any atom is 0.142 e. The summed E-state index contributed by atoms with van der Waals surface area (Å²) in [6, 6.07) is 5.98. The number of pyridine rings is 1. The fourth-order valence-electron chi connectivity index (χ4n) is 2.13. The van der Waals surface area contributed by atoms with Gasteiger partial charge in [0.25, 0.3) is 0 Å². The molecular formula is C15H16F2N2. The lowest BCUT2D eigenvalue weighted by Crippen LogP contribution is -2.18. The number of hydrogen-bond acceptors (Lipinski definition) is 2. The first-order valence-corrected chi connectivity index (χ1v) is 6.25. The van der Waals surface area contributed by atoms with Gasteiger partial charge in [0.1, 0.15) is 11.6 Å². The molecule has 100 valence electrons. The first-order valence-electron chi connectivity index (χ1n) is 6.25. The van der Waals surface area contributed by atoms with Crippen molar-refractivity contribution in [2.45, 2.75) is 19.9 Å². The van der Waals surface area contributed by atoms with Crippen LogP contribution in [0.4, 0.5) is 8.78 Å². The molecule has 2 rings (SSSR count). The summed E-state index contributed by atoms with van der Waals surface area (Å²) in [7, 11) is 0. The summed E-state index contributed by atoms with van der Waals surface area (Å²) >= 11 is 0. The zero-order valence-corrected chi connectivity index (χ0v) is 11.0. The summed E-state index contributed by atoms with van der Waals surface area (Å²) in [5, 5.41) is 3.27. The lowest BCUT2D eigenvalue weighted by Gasteiger charge is -2.17. The third-order valence-electron chi connectivity index (χ3n) is 3.01. The van der Waals surface area contributed by atoms with Crippen LogP contribution in [-0.2, 0) is 0 Å². The van der Waals surface area contributed by atoms with Crippen LogP contribution in [0.25, 0.3) is 11.1 Å². The van der Waals surface area contributed by atoms with Gasteiger partial charge >= 0.3 is 0 Å². The summed E-state index contributed by atoms with van der Waals surface area (Å²) in [5.74, 6) is -0.768. The van der Waals surface area contributed by atoms with Gasteiger partial charge in [-0.05, 0) is 42.8 Å². The molecule has 0 fully saturated rings. The Morgan fingerprint density at radius 3 is 2.63 bits per heavy atom. The van der Waals surface area contributed by atoms with E-state index in [-0.39, 0.29) is 11.9 Å². The molecular weight excluding hydrogens is 246 g/mol. The van der Waals surface area contributed by atoms with Crippen LogP contribution >= 0.6 is 0 Å². The Morgan fingerprint density at radius 1 is 1.16 bits per heavy atom. The molecule has 0 saturated carbocycles. The smallest absolute Gasteiger partial charge is 0.142 e. The second kappa shape index (κ2) is 5.89. The van der Waals surface area contributed by atoms with Crippen molar-refractivity contribution in [3.05, 3.63) is 53.9 Å². The van der Waals surface area contributed by atoms with E-state index in [0.29, 0.717) is 11.1 Å². The Labute approximate surface area is 111 Å². The zero-order chi connectivity index (χ0) is 13.8. The molecule has 1 aromatic carbocycles. The van der Waals surface area contributed by atoms with E-state index in [2.05, 4.69) is 10.3 Å². The molecule has 1 aromatic heterocycles. The molecule has 1 atom stereocenters. The predicted molar refractivity (Wildman–Crippen MR) is 71.7 cm³/mol. The molecule has 0 aliphatic carbocycles. The minimum absolute atomic E-state index is 0.0591. The number of halogens is 2. The largest absolute Gasteiger partial charge is 0.310 e. The number of aromatic nitrogens is 1. The normalized spacial score (nSPS) is 12.4. The highest BCUT2D eigenvalue weighted by Crippen LogP contribution is 2.29. The van der Waals surface area contributed by atoms with Crippen molar-refractivity contribution in [3.8, 4) is 11.1 Å². The van der Waals surface area contributed by atoms with Crippen LogP contribution in [-0.4, -0.2) is 11.5 Å². The SMILES string of the molecule is CCNC(C)c1ccc(F)cc1-c1cncc(F)c1. The van der Waals surface area contributed by atoms with Gasteiger partial charge in [-0.2, -0.15) is 0 Å². The van der Waals surface area contributed by atoms with Crippen LogP contribution < -0.4 is 5.32 Å². The van der Waals surface area contributed by atoms with E-state index in [4.69, 9.17) is 0 Å². The monoisotopic (exact) mass is 262 g/mol. The summed E-state index contributed by atoms with van der Waals surface area (Å²) in [6.07, 6.45) is 2.68. The Balaban J connectivity index is 2.51. The van der Waals surface area contributed by atoms with Gasteiger partial charge in [-0.3, -0.25) is 4.98 Å². The third kappa shape index (κ3) is 3.15. The molecule has 0 radical (unpaired) electrons. The predicted octanol–water partition coefficient (Wildman–Crippen LogP) is 3.70. The van der Waals surface area contributed by atoms with E-state index in [0.717, 1.165) is 18.3 Å². The summed E-state index contributed by atoms with van der Waals surface area (Å²) in [4.78, 5) is 3.82. The second-order valence-electron chi connectivity index (χ2n) is 4.40. The van der Waals surface area contributed by atoms with Crippen LogP contribution in [0.2, 0.25) is 0 Å². The number of benzene rings is 1. The minimum atomic E-state index is -0.427. The average molecular weight is 262 g/mol. The van der Waals surface area contributed by atoms with Crippen molar-refractivity contribution in [1.29, 1.82) is 0 Å². The first kappa shape index (κ1) is 13.6. The Bertz CT molecular complexity index is 570. The van der Waals surface area contributed by atoms with Crippen LogP contribution in [0.3, 0.4) is 0 Å². The van der Waals surface area contributed by atoms with Gasteiger partial charge in [0.2, 0.25) is 0 Å². The zero-order valence-electron chi connectivity index (χ0n) is 11.0. The molecule has 1 unspecified atom stereocenters. The maximum atomic E-state index is 13.4. The molecule has 0 bridgehead atoms. The first-order chi connectivity index (χ1) is 9.11. The van der Waals surface area contributed by atoms with Gasteiger partial charge < -0.3 is 5.32 Å². The molecule has 2 aromatic rings. The molecule has 1 N–H and O–H groups in total. The van der Waals surface area contributed by atoms with Gasteiger partial charge in [-0.25, -0.2) is 8.78 Å². The van der Waals surface area contributed by atoms with E-state index >= 15 is 0 Å². The lowest BCUT2D eigenvalue weighted by atomic mass is 9.96. The van der Waals surface area contributed by atoms with Gasteiger partial charge in [-0.15, -0.1) is 0 Å². The molecule has 1 heterocycles. The molecule has 4 heteroatoms. The highest BCUT2D eigenvalue weighted by Gasteiger charge is 2.13. The van der Waals surface area contributed by atoms with Crippen molar-refractivity contribution in [2.75, 3.05) is 6.54 Å². The second-order valence-corrected chi connectivity index (χ2v) is 4.40. The number of nitrogens with zero attached hydrogens (tertiary/aromatic N) is 1. The van der Waals surface area contributed by atoms with Crippen molar-refractivity contribution >= 4 is 0 Å². The summed E-state index contributed by atoms with van der Waals surface area (Å²) in [6.45, 7) is 4.80. The van der Waals surface area contributed by atoms with Crippen LogP contribution in [0.15, 0.2) is 36.7 Å². The molecule has 0 saturated heterocycles. The van der Waals surface area contributed by atoms with Gasteiger partial charge in [0.15, 0.2) is 0 Å². The fourth-order valence-corrected chi connectivity index (χ4v) is 2.13. The summed E-state index contributed by atoms with van der Waals surface area (Å²) < 4.78 is 26.7. The maximum absolute atomic E-state index is 13.4. The molecule has 0 spiro atoms. The molecule has 0 aliphatic rings. The molecule has 0 aliphatic heterocycles. The van der Waals surface area contributed by atoms with Crippen molar-refractivity contribution < 1.29 is 8.78 Å². The van der Waals surface area contributed by atoms with Crippen LogP contribution in [0.5, 0.6) is 0 Å². The highest BCUT2D eigenvalue weighted by atomic mass is 19.1. The number of nitrogens with one attached hydrogen (secondary N) is 1. The molecule has 19 heavy (non-hydrogen) atoms. The van der Waals surface area contributed by atoms with Crippen LogP contribution in [0, 0.1) is 11.6 Å². The Kier molecular flexibility index (Phi) is 4.22. The van der Waals surface area contributed by atoms with Gasteiger partial charge in [0, 0.05) is 17.8 Å². The molecule has 0 amide bonds. The quantitative estimate of drug-likeness (QED) is 0.908. The van der Waals surface area contributed by atoms with E-state index in [9.17, 15) is 8.78 Å². The fraction of sp³-hybridized carbons (Fsp3) is 0.267. The van der Waals surface area contributed by atoms with Gasteiger partial charge in [0.05, 0.1) is 6.20 Å². The van der Waals surface area contributed by atoms with E-state index in [1.807, 2.05) is 13.8 Å². The number of hydrogen-bond donors (Lipinski definition) is 1. The minimum Gasteiger partial charge on any atom is -0.310 e. The number of rotatable bonds is 4. The third-order valence-corrected chi connectivity index (χ3v) is 3.01. The van der Waals surface area contributed by atoms with Crippen LogP contribution in [0.1, 0.15) is 25.5 Å². The van der Waals surface area contributed by atoms with E-state index < -0.39 is 5.82 Å². The molecule has 2 nitrogen and oxygen atoms in total. The van der Waals surface area contributed by atoms with Crippen molar-refractivity contribution in [2.24, 2.45) is 0 Å². The Hall–Kier alpha value is -1.81. The average Bonchev–Trinajstić information content (AvgIpc) is 2.39.